The molecule has 0 saturated carbocycles. The number of hydrogen-bond donors (Lipinski definition) is 1. The average Bonchev–Trinajstić information content (AvgIpc) is 1.87. The number of hydrogen-bond acceptors (Lipinski definition) is 3. The molecule has 2 N–H and O–H groups in total. The van der Waals surface area contributed by atoms with Crippen molar-refractivity contribution in [2.75, 3.05) is 5.73 Å². The fourth-order valence-electron chi connectivity index (χ4n) is 0.311. The van der Waals surface area contributed by atoms with E-state index in [4.69, 9.17) is 5.73 Å². The molecule has 0 saturated heterocycles. The quantitative estimate of drug-likeness (QED) is 0.613. The molecule has 1 heterocycles. The van der Waals surface area contributed by atoms with Crippen molar-refractivity contribution in [1.82, 2.24) is 9.97 Å². The van der Waals surface area contributed by atoms with Gasteiger partial charge < -0.3 is 5.73 Å². The molecule has 0 aliphatic rings. The average molecular weight is 152 g/mol. The van der Waals surface area contributed by atoms with Gasteiger partial charge in [-0.25, -0.2) is 9.97 Å². The van der Waals surface area contributed by atoms with E-state index in [0.29, 0.717) is 11.9 Å². The Balaban J connectivity index is 0.000000218. The molecule has 61 valence electrons. The molecule has 3 nitrogen and oxygen atoms in total. The Kier molecular flexibility index (Phi) is 5.07. The highest BCUT2D eigenvalue weighted by Crippen LogP contribution is 1.81. The van der Waals surface area contributed by atoms with Crippen LogP contribution in [-0.2, 0) is 0 Å². The van der Waals surface area contributed by atoms with Gasteiger partial charge in [0.25, 0.3) is 0 Å². The Morgan fingerprint density at radius 2 is 1.73 bits per heavy atom. The van der Waals surface area contributed by atoms with Crippen LogP contribution < -0.4 is 5.73 Å². The highest BCUT2D eigenvalue weighted by molar-refractivity contribution is 5.11. The molecule has 1 aromatic rings. The number of anilines is 1. The molecule has 11 heavy (non-hydrogen) atoms. The van der Waals surface area contributed by atoms with Gasteiger partial charge in [0.15, 0.2) is 0 Å². The first-order valence-corrected chi connectivity index (χ1v) is 3.48. The van der Waals surface area contributed by atoms with Gasteiger partial charge in [-0.15, -0.1) is 0 Å². The lowest BCUT2D eigenvalue weighted by atomic mass is 10.3. The smallest absolute Gasteiger partial charge is 0.219 e. The van der Waals surface area contributed by atoms with E-state index in [0.717, 1.165) is 0 Å². The minimum Gasteiger partial charge on any atom is -0.368 e. The zero-order chi connectivity index (χ0) is 8.69. The summed E-state index contributed by atoms with van der Waals surface area (Å²) in [7, 11) is 0. The molecule has 1 radical (unpaired) electrons. The first-order valence-electron chi connectivity index (χ1n) is 3.48. The second kappa shape index (κ2) is 5.65. The normalized spacial score (nSPS) is 8.73. The summed E-state index contributed by atoms with van der Waals surface area (Å²) in [6.45, 7) is 7.75. The third-order valence-corrected chi connectivity index (χ3v) is 0.586. The molecule has 0 aromatic carbocycles. The highest BCUT2D eigenvalue weighted by Gasteiger charge is 1.75. The fourth-order valence-corrected chi connectivity index (χ4v) is 0.311. The van der Waals surface area contributed by atoms with Crippen LogP contribution in [0.5, 0.6) is 0 Å². The van der Waals surface area contributed by atoms with Crippen molar-refractivity contribution in [1.29, 1.82) is 0 Å². The molecule has 0 amide bonds. The Morgan fingerprint density at radius 3 is 1.91 bits per heavy atom. The summed E-state index contributed by atoms with van der Waals surface area (Å²) < 4.78 is 0. The predicted molar refractivity (Wildman–Crippen MR) is 46.6 cm³/mol. The largest absolute Gasteiger partial charge is 0.368 e. The van der Waals surface area contributed by atoms with Gasteiger partial charge in [0.05, 0.1) is 0 Å². The van der Waals surface area contributed by atoms with Crippen molar-refractivity contribution in [3.63, 3.8) is 0 Å². The van der Waals surface area contributed by atoms with Gasteiger partial charge in [0.2, 0.25) is 5.95 Å². The predicted octanol–water partition coefficient (Wildman–Crippen LogP) is 1.54. The molecule has 0 bridgehead atoms. The lowest BCUT2D eigenvalue weighted by Crippen LogP contribution is -1.90. The SMILES string of the molecule is Nc1ncccn1.[CH2]C(C)C. The van der Waals surface area contributed by atoms with Crippen LogP contribution in [0.1, 0.15) is 13.8 Å². The highest BCUT2D eigenvalue weighted by atomic mass is 15.0. The van der Waals surface area contributed by atoms with Crippen LogP contribution in [-0.4, -0.2) is 9.97 Å². The van der Waals surface area contributed by atoms with Crippen molar-refractivity contribution in [2.24, 2.45) is 5.92 Å². The number of nitrogens with two attached hydrogens (primary N) is 1. The summed E-state index contributed by atoms with van der Waals surface area (Å²) >= 11 is 0. The maximum absolute atomic E-state index is 5.14. The molecule has 0 atom stereocenters. The van der Waals surface area contributed by atoms with Gasteiger partial charge in [-0.2, -0.15) is 0 Å². The maximum atomic E-state index is 5.14. The van der Waals surface area contributed by atoms with E-state index in [1.165, 1.54) is 0 Å². The molecule has 3 heteroatoms. The van der Waals surface area contributed by atoms with E-state index < -0.39 is 0 Å². The topological polar surface area (TPSA) is 51.8 Å². The minimum atomic E-state index is 0.322. The zero-order valence-electron chi connectivity index (χ0n) is 6.99. The van der Waals surface area contributed by atoms with Crippen LogP contribution in [0.3, 0.4) is 0 Å². The molecule has 0 aliphatic carbocycles. The summed E-state index contributed by atoms with van der Waals surface area (Å²) in [5, 5.41) is 0. The van der Waals surface area contributed by atoms with Crippen LogP contribution in [0.2, 0.25) is 0 Å². The summed E-state index contributed by atoms with van der Waals surface area (Å²) in [4.78, 5) is 7.29. The second-order valence-electron chi connectivity index (χ2n) is 2.50. The monoisotopic (exact) mass is 152 g/mol. The number of rotatable bonds is 0. The van der Waals surface area contributed by atoms with Crippen LogP contribution in [0.25, 0.3) is 0 Å². The number of aromatic nitrogens is 2. The van der Waals surface area contributed by atoms with Gasteiger partial charge >= 0.3 is 0 Å². The van der Waals surface area contributed by atoms with Crippen LogP contribution in [0.4, 0.5) is 5.95 Å². The lowest BCUT2D eigenvalue weighted by molar-refractivity contribution is 0.827. The van der Waals surface area contributed by atoms with Crippen molar-refractivity contribution >= 4 is 5.95 Å². The van der Waals surface area contributed by atoms with Crippen LogP contribution in [0, 0.1) is 12.8 Å². The number of nitrogens with zero attached hydrogens (tertiary/aromatic N) is 2. The number of nitrogen functional groups attached to an aromatic ring is 1. The Morgan fingerprint density at radius 1 is 1.36 bits per heavy atom. The van der Waals surface area contributed by atoms with Gasteiger partial charge in [0, 0.05) is 12.4 Å². The third-order valence-electron chi connectivity index (χ3n) is 0.586. The Hall–Kier alpha value is -1.12. The first-order chi connectivity index (χ1) is 5.13. The third kappa shape index (κ3) is 8.88. The second-order valence-corrected chi connectivity index (χ2v) is 2.50. The fraction of sp³-hybridized carbons (Fsp3) is 0.375. The Labute approximate surface area is 67.7 Å². The zero-order valence-corrected chi connectivity index (χ0v) is 6.99. The van der Waals surface area contributed by atoms with E-state index in [2.05, 4.69) is 30.7 Å². The Bertz CT molecular complexity index is 169. The lowest BCUT2D eigenvalue weighted by Gasteiger charge is -1.82. The summed E-state index contributed by atoms with van der Waals surface area (Å²) in [5.74, 6) is 0.905. The van der Waals surface area contributed by atoms with Crippen molar-refractivity contribution in [2.45, 2.75) is 13.8 Å². The molecule has 0 fully saturated rings. The van der Waals surface area contributed by atoms with E-state index in [1.807, 2.05) is 0 Å². The molecule has 0 aliphatic heterocycles. The molecular weight excluding hydrogens is 138 g/mol. The standard InChI is InChI=1S/C4H5N3.C4H9/c5-4-6-2-1-3-7-4;1-4(2)3/h1-3H,(H2,5,6,7);4H,1H2,2-3H3. The summed E-state index contributed by atoms with van der Waals surface area (Å²) in [6.07, 6.45) is 3.20. The van der Waals surface area contributed by atoms with E-state index in [-0.39, 0.29) is 0 Å². The maximum Gasteiger partial charge on any atom is 0.219 e. The summed E-state index contributed by atoms with van der Waals surface area (Å²) in [6, 6.07) is 1.72. The van der Waals surface area contributed by atoms with Crippen molar-refractivity contribution in [3.8, 4) is 0 Å². The molecule has 0 unspecified atom stereocenters. The van der Waals surface area contributed by atoms with Gasteiger partial charge in [-0.3, -0.25) is 0 Å². The van der Waals surface area contributed by atoms with Gasteiger partial charge in [0.1, 0.15) is 0 Å². The van der Waals surface area contributed by atoms with Gasteiger partial charge in [-0.05, 0) is 12.0 Å². The van der Waals surface area contributed by atoms with Crippen LogP contribution in [0.15, 0.2) is 18.5 Å². The summed E-state index contributed by atoms with van der Waals surface area (Å²) in [5.41, 5.74) is 5.14. The molecule has 1 aromatic heterocycles. The minimum absolute atomic E-state index is 0.322. The van der Waals surface area contributed by atoms with Crippen LogP contribution >= 0.6 is 0 Å². The van der Waals surface area contributed by atoms with E-state index >= 15 is 0 Å². The van der Waals surface area contributed by atoms with Gasteiger partial charge in [-0.1, -0.05) is 20.8 Å². The van der Waals surface area contributed by atoms with Crippen molar-refractivity contribution in [3.05, 3.63) is 25.4 Å². The van der Waals surface area contributed by atoms with Crippen molar-refractivity contribution < 1.29 is 0 Å². The molecule has 0 spiro atoms. The first kappa shape index (κ1) is 9.88. The molecular formula is C8H14N3. The van der Waals surface area contributed by atoms with E-state index in [1.54, 1.807) is 18.5 Å². The molecule has 1 rings (SSSR count). The van der Waals surface area contributed by atoms with E-state index in [9.17, 15) is 0 Å².